The Balaban J connectivity index is 1.95. The molecule has 100 valence electrons. The van der Waals surface area contributed by atoms with Crippen LogP contribution >= 0.6 is 23.2 Å². The van der Waals surface area contributed by atoms with Crippen LogP contribution in [0.1, 0.15) is 6.42 Å². The molecule has 0 spiro atoms. The molecule has 0 unspecified atom stereocenters. The van der Waals surface area contributed by atoms with Gasteiger partial charge in [0.1, 0.15) is 4.33 Å². The lowest BCUT2D eigenvalue weighted by Crippen LogP contribution is -2.11. The third-order valence-corrected chi connectivity index (χ3v) is 6.20. The van der Waals surface area contributed by atoms with E-state index in [1.165, 1.54) is 0 Å². The number of sulfone groups is 1. The molecule has 0 saturated heterocycles. The highest BCUT2D eigenvalue weighted by molar-refractivity contribution is 7.91. The molecule has 19 heavy (non-hydrogen) atoms. The van der Waals surface area contributed by atoms with Crippen molar-refractivity contribution in [1.82, 2.24) is 0 Å². The third kappa shape index (κ3) is 2.60. The van der Waals surface area contributed by atoms with Crippen molar-refractivity contribution in [2.24, 2.45) is 5.92 Å². The van der Waals surface area contributed by atoms with E-state index in [1.807, 2.05) is 30.3 Å². The van der Waals surface area contributed by atoms with Gasteiger partial charge in [-0.2, -0.15) is 0 Å². The van der Waals surface area contributed by atoms with Crippen molar-refractivity contribution in [3.05, 3.63) is 42.5 Å². The summed E-state index contributed by atoms with van der Waals surface area (Å²) in [6.07, 6.45) is 0.545. The van der Waals surface area contributed by atoms with Gasteiger partial charge in [-0.25, -0.2) is 8.42 Å². The third-order valence-electron chi connectivity index (χ3n) is 3.46. The van der Waals surface area contributed by atoms with Gasteiger partial charge in [-0.1, -0.05) is 30.3 Å². The number of rotatable bonds is 3. The zero-order valence-electron chi connectivity index (χ0n) is 10.0. The van der Waals surface area contributed by atoms with Gasteiger partial charge in [-0.05, 0) is 29.3 Å². The maximum atomic E-state index is 12.3. The first-order valence-corrected chi connectivity index (χ1v) is 8.39. The smallest absolute Gasteiger partial charge is 0.178 e. The van der Waals surface area contributed by atoms with Crippen LogP contribution in [0.3, 0.4) is 0 Å². The molecule has 1 atom stereocenters. The summed E-state index contributed by atoms with van der Waals surface area (Å²) in [5.41, 5.74) is 0. The Morgan fingerprint density at radius 1 is 1.11 bits per heavy atom. The summed E-state index contributed by atoms with van der Waals surface area (Å²) in [5.74, 6) is -0.148. The van der Waals surface area contributed by atoms with Gasteiger partial charge in [0.2, 0.25) is 0 Å². The lowest BCUT2D eigenvalue weighted by Gasteiger charge is -2.06. The Hall–Kier alpha value is -0.770. The highest BCUT2D eigenvalue weighted by Gasteiger charge is 2.53. The number of halogens is 2. The SMILES string of the molecule is O=S(=O)(C[C@@H]1CC1(Cl)Cl)c1ccc2ccccc2c1. The summed E-state index contributed by atoms with van der Waals surface area (Å²) in [5, 5.41) is 1.94. The fourth-order valence-corrected chi connectivity index (χ4v) is 4.59. The molecule has 0 aromatic heterocycles. The molecule has 1 fully saturated rings. The van der Waals surface area contributed by atoms with E-state index in [4.69, 9.17) is 23.2 Å². The van der Waals surface area contributed by atoms with Crippen molar-refractivity contribution >= 4 is 43.8 Å². The van der Waals surface area contributed by atoms with Gasteiger partial charge in [0.15, 0.2) is 9.84 Å². The zero-order valence-corrected chi connectivity index (χ0v) is 12.3. The minimum Gasteiger partial charge on any atom is -0.224 e. The summed E-state index contributed by atoms with van der Waals surface area (Å²) in [7, 11) is -3.33. The topological polar surface area (TPSA) is 34.1 Å². The molecule has 1 aliphatic rings. The molecule has 0 aliphatic heterocycles. The molecule has 2 aromatic carbocycles. The van der Waals surface area contributed by atoms with Crippen LogP contribution in [0.15, 0.2) is 47.4 Å². The van der Waals surface area contributed by atoms with Crippen molar-refractivity contribution in [1.29, 1.82) is 0 Å². The Labute approximate surface area is 122 Å². The standard InChI is InChI=1S/C14H12Cl2O2S/c15-14(16)8-12(14)9-19(17,18)13-6-5-10-3-1-2-4-11(10)7-13/h1-7,12H,8-9H2/t12-/m0/s1. The number of benzene rings is 2. The Kier molecular flexibility index (Phi) is 3.04. The lowest BCUT2D eigenvalue weighted by atomic mass is 10.1. The first-order valence-electron chi connectivity index (χ1n) is 5.98. The van der Waals surface area contributed by atoms with Crippen molar-refractivity contribution in [3.8, 4) is 0 Å². The zero-order chi connectivity index (χ0) is 13.7. The van der Waals surface area contributed by atoms with Crippen LogP contribution in [-0.2, 0) is 9.84 Å². The van der Waals surface area contributed by atoms with Gasteiger partial charge in [0.25, 0.3) is 0 Å². The first-order chi connectivity index (χ1) is 8.88. The maximum Gasteiger partial charge on any atom is 0.178 e. The molecular weight excluding hydrogens is 303 g/mol. The highest BCUT2D eigenvalue weighted by Crippen LogP contribution is 2.54. The van der Waals surface area contributed by atoms with Crippen LogP contribution in [0.4, 0.5) is 0 Å². The number of alkyl halides is 2. The average Bonchev–Trinajstić information content (AvgIpc) is 2.95. The molecule has 2 nitrogen and oxygen atoms in total. The monoisotopic (exact) mass is 314 g/mol. The van der Waals surface area contributed by atoms with Crippen molar-refractivity contribution in [2.75, 3.05) is 5.75 Å². The van der Waals surface area contributed by atoms with Crippen molar-refractivity contribution in [3.63, 3.8) is 0 Å². The van der Waals surface area contributed by atoms with Gasteiger partial charge >= 0.3 is 0 Å². The van der Waals surface area contributed by atoms with Gasteiger partial charge in [-0.3, -0.25) is 0 Å². The second kappa shape index (κ2) is 4.37. The fraction of sp³-hybridized carbons (Fsp3) is 0.286. The van der Waals surface area contributed by atoms with Gasteiger partial charge in [0.05, 0.1) is 10.6 Å². The molecule has 0 amide bonds. The van der Waals surface area contributed by atoms with Crippen LogP contribution in [0.5, 0.6) is 0 Å². The first kappa shape index (κ1) is 13.2. The van der Waals surface area contributed by atoms with E-state index in [1.54, 1.807) is 12.1 Å². The Bertz CT molecular complexity index is 738. The van der Waals surface area contributed by atoms with E-state index in [2.05, 4.69) is 0 Å². The molecule has 5 heteroatoms. The molecule has 0 heterocycles. The predicted molar refractivity (Wildman–Crippen MR) is 78.5 cm³/mol. The fourth-order valence-electron chi connectivity index (χ4n) is 2.17. The minimum atomic E-state index is -3.33. The number of fused-ring (bicyclic) bond motifs is 1. The summed E-state index contributed by atoms with van der Waals surface area (Å²) in [6, 6.07) is 12.8. The maximum absolute atomic E-state index is 12.3. The van der Waals surface area contributed by atoms with Crippen LogP contribution < -0.4 is 0 Å². The number of hydrogen-bond donors (Lipinski definition) is 0. The van der Waals surface area contributed by atoms with E-state index >= 15 is 0 Å². The van der Waals surface area contributed by atoms with E-state index in [0.717, 1.165) is 10.8 Å². The molecular formula is C14H12Cl2O2S. The van der Waals surface area contributed by atoms with E-state index in [0.29, 0.717) is 11.3 Å². The van der Waals surface area contributed by atoms with E-state index in [-0.39, 0.29) is 11.7 Å². The predicted octanol–water partition coefficient (Wildman–Crippen LogP) is 3.81. The van der Waals surface area contributed by atoms with E-state index in [9.17, 15) is 8.42 Å². The normalized spacial score (nSPS) is 21.5. The molecule has 0 radical (unpaired) electrons. The van der Waals surface area contributed by atoms with Crippen molar-refractivity contribution < 1.29 is 8.42 Å². The minimum absolute atomic E-state index is 0.0122. The van der Waals surface area contributed by atoms with Crippen molar-refractivity contribution in [2.45, 2.75) is 15.6 Å². The summed E-state index contributed by atoms with van der Waals surface area (Å²) < 4.78 is 23.7. The average molecular weight is 315 g/mol. The van der Waals surface area contributed by atoms with Crippen LogP contribution in [0.2, 0.25) is 0 Å². The van der Waals surface area contributed by atoms with Crippen LogP contribution in [0, 0.1) is 5.92 Å². The second-order valence-corrected chi connectivity index (χ2v) is 8.53. The molecule has 2 aromatic rings. The second-order valence-electron chi connectivity index (χ2n) is 4.95. The number of hydrogen-bond acceptors (Lipinski definition) is 2. The van der Waals surface area contributed by atoms with Gasteiger partial charge < -0.3 is 0 Å². The molecule has 0 N–H and O–H groups in total. The van der Waals surface area contributed by atoms with E-state index < -0.39 is 14.2 Å². The molecule has 1 saturated carbocycles. The lowest BCUT2D eigenvalue weighted by molar-refractivity contribution is 0.592. The van der Waals surface area contributed by atoms with Crippen LogP contribution in [0.25, 0.3) is 10.8 Å². The highest BCUT2D eigenvalue weighted by atomic mass is 35.5. The Morgan fingerprint density at radius 2 is 1.74 bits per heavy atom. The quantitative estimate of drug-likeness (QED) is 0.807. The van der Waals surface area contributed by atoms with Gasteiger partial charge in [-0.15, -0.1) is 23.2 Å². The largest absolute Gasteiger partial charge is 0.224 e. The molecule has 3 rings (SSSR count). The summed E-state index contributed by atoms with van der Waals surface area (Å²) in [6.45, 7) is 0. The molecule has 1 aliphatic carbocycles. The molecule has 0 bridgehead atoms. The van der Waals surface area contributed by atoms with Crippen LogP contribution in [-0.4, -0.2) is 18.5 Å². The summed E-state index contributed by atoms with van der Waals surface area (Å²) in [4.78, 5) is 0.335. The van der Waals surface area contributed by atoms with Gasteiger partial charge in [0, 0.05) is 5.92 Å². The Morgan fingerprint density at radius 3 is 2.37 bits per heavy atom. The summed E-state index contributed by atoms with van der Waals surface area (Å²) >= 11 is 11.8.